The van der Waals surface area contributed by atoms with Crippen molar-refractivity contribution >= 4 is 0 Å². The molecule has 9 aliphatic rings. The van der Waals surface area contributed by atoms with Crippen LogP contribution in [0, 0.1) is 65.1 Å². The average molecular weight is 648 g/mol. The van der Waals surface area contributed by atoms with E-state index in [1.54, 1.807) is 32.1 Å². The van der Waals surface area contributed by atoms with E-state index in [1.807, 2.05) is 0 Å². The normalized spacial score (nSPS) is 49.1. The van der Waals surface area contributed by atoms with Crippen LogP contribution in [0.2, 0.25) is 0 Å². The van der Waals surface area contributed by atoms with Crippen molar-refractivity contribution in [3.8, 4) is 0 Å². The van der Waals surface area contributed by atoms with E-state index in [9.17, 15) is 0 Å². The first-order chi connectivity index (χ1) is 23.3. The lowest BCUT2D eigenvalue weighted by molar-refractivity contribution is -0.0888. The van der Waals surface area contributed by atoms with Gasteiger partial charge in [0.25, 0.3) is 0 Å². The van der Waals surface area contributed by atoms with Crippen molar-refractivity contribution in [2.45, 2.75) is 204 Å². The molecule has 2 saturated heterocycles. The zero-order valence-corrected chi connectivity index (χ0v) is 30.2. The van der Waals surface area contributed by atoms with Crippen molar-refractivity contribution in [2.75, 3.05) is 0 Å². The van der Waals surface area contributed by atoms with E-state index in [-0.39, 0.29) is 0 Å². The van der Waals surface area contributed by atoms with Crippen molar-refractivity contribution in [1.29, 1.82) is 0 Å². The first-order valence-electron chi connectivity index (χ1n) is 22.2. The number of hydrogen-bond donors (Lipinski definition) is 3. The number of nitrogens with one attached hydrogen (secondary N) is 3. The number of rotatable bonds is 5. The fourth-order valence-corrected chi connectivity index (χ4v) is 14.7. The molecule has 0 spiro atoms. The fourth-order valence-electron chi connectivity index (χ4n) is 14.7. The highest BCUT2D eigenvalue weighted by molar-refractivity contribution is 5.06. The van der Waals surface area contributed by atoms with Crippen LogP contribution in [0.25, 0.3) is 0 Å². The number of ether oxygens (including phenoxy) is 1. The van der Waals surface area contributed by atoms with Crippen LogP contribution in [0.4, 0.5) is 0 Å². The lowest BCUT2D eigenvalue weighted by Crippen LogP contribution is -2.72. The van der Waals surface area contributed by atoms with Gasteiger partial charge in [-0.15, -0.1) is 0 Å². The van der Waals surface area contributed by atoms with Gasteiger partial charge in [-0.2, -0.15) is 0 Å². The second-order valence-corrected chi connectivity index (χ2v) is 19.4. The minimum absolute atomic E-state index is 0.492. The van der Waals surface area contributed by atoms with Crippen LogP contribution in [-0.4, -0.2) is 30.7 Å². The van der Waals surface area contributed by atoms with E-state index in [1.165, 1.54) is 141 Å². The fraction of sp³-hybridized carbons (Fsp3) is 1.00. The summed E-state index contributed by atoms with van der Waals surface area (Å²) in [6.07, 6.45) is 42.6. The Morgan fingerprint density at radius 2 is 0.830 bits per heavy atom. The molecule has 2 heterocycles. The summed E-state index contributed by atoms with van der Waals surface area (Å²) in [5.74, 6) is 10.1. The van der Waals surface area contributed by atoms with Gasteiger partial charge in [0.15, 0.2) is 0 Å². The van der Waals surface area contributed by atoms with Crippen molar-refractivity contribution in [3.05, 3.63) is 0 Å². The van der Waals surface area contributed by atoms with Crippen LogP contribution in [-0.2, 0) is 4.74 Å². The molecule has 0 amide bonds. The molecule has 0 aromatic carbocycles. The van der Waals surface area contributed by atoms with E-state index in [2.05, 4.69) is 16.0 Å². The second kappa shape index (κ2) is 14.8. The van der Waals surface area contributed by atoms with Crippen molar-refractivity contribution in [2.24, 2.45) is 65.1 Å². The van der Waals surface area contributed by atoms with Gasteiger partial charge in [0, 0.05) is 0 Å². The third-order valence-corrected chi connectivity index (χ3v) is 17.0. The summed E-state index contributed by atoms with van der Waals surface area (Å²) < 4.78 is 7.31. The summed E-state index contributed by atoms with van der Waals surface area (Å²) in [5.41, 5.74) is 0. The smallest absolute Gasteiger partial charge is 0.0641 e. The summed E-state index contributed by atoms with van der Waals surface area (Å²) >= 11 is 0. The lowest BCUT2D eigenvalue weighted by atomic mass is 9.53. The Hall–Kier alpha value is -0.160. The highest BCUT2D eigenvalue weighted by Crippen LogP contribution is 2.59. The molecule has 7 saturated carbocycles. The lowest BCUT2D eigenvalue weighted by Gasteiger charge is -2.52. The van der Waals surface area contributed by atoms with Crippen molar-refractivity contribution in [1.82, 2.24) is 16.0 Å². The molecule has 12 unspecified atom stereocenters. The maximum Gasteiger partial charge on any atom is 0.0641 e. The van der Waals surface area contributed by atoms with Crippen LogP contribution < -0.4 is 16.0 Å². The van der Waals surface area contributed by atoms with E-state index in [0.29, 0.717) is 30.7 Å². The molecule has 47 heavy (non-hydrogen) atoms. The number of hydrogen-bond acceptors (Lipinski definition) is 4. The molecule has 0 aromatic rings. The molecular formula is C43H73N3O. The van der Waals surface area contributed by atoms with Gasteiger partial charge in [-0.3, -0.25) is 16.0 Å². The van der Waals surface area contributed by atoms with E-state index in [4.69, 9.17) is 4.74 Å². The molecular weight excluding hydrogens is 574 g/mol. The largest absolute Gasteiger partial charge is 0.374 e. The van der Waals surface area contributed by atoms with Crippen LogP contribution in [0.3, 0.4) is 0 Å². The summed E-state index contributed by atoms with van der Waals surface area (Å²) in [4.78, 5) is 0. The second-order valence-electron chi connectivity index (χ2n) is 19.4. The van der Waals surface area contributed by atoms with Crippen molar-refractivity contribution in [3.63, 3.8) is 0 Å². The van der Waals surface area contributed by atoms with Gasteiger partial charge >= 0.3 is 0 Å². The minimum atomic E-state index is 0.492. The predicted molar refractivity (Wildman–Crippen MR) is 192 cm³/mol. The van der Waals surface area contributed by atoms with E-state index < -0.39 is 0 Å². The Labute approximate surface area is 289 Å². The quantitative estimate of drug-likeness (QED) is 0.278. The molecule has 9 rings (SSSR count). The van der Waals surface area contributed by atoms with Crippen LogP contribution >= 0.6 is 0 Å². The van der Waals surface area contributed by atoms with Gasteiger partial charge in [-0.05, 0) is 136 Å². The zero-order chi connectivity index (χ0) is 31.2. The summed E-state index contributed by atoms with van der Waals surface area (Å²) in [7, 11) is 0. The average Bonchev–Trinajstić information content (AvgIpc) is 3.53. The van der Waals surface area contributed by atoms with Gasteiger partial charge in [0.1, 0.15) is 0 Å². The Bertz CT molecular complexity index is 975. The standard InChI is InChI=1S/C43H73N3O/c1-4-13-28(14-5-1)31-19-12-20-32(25-31)36-27-38-37-26-33(23-24-39(37)47-40(38)35-22-11-10-21-34(35)36)43-45-41(29-15-6-2-7-16-29)44-42(46-43)30-17-8-3-9-18-30/h28-46H,1-27H2. The zero-order valence-electron chi connectivity index (χ0n) is 30.2. The van der Waals surface area contributed by atoms with Gasteiger partial charge in [0.2, 0.25) is 0 Å². The first kappa shape index (κ1) is 32.7. The molecule has 0 radical (unpaired) electrons. The molecule has 4 heteroatoms. The summed E-state index contributed by atoms with van der Waals surface area (Å²) in [5, 5.41) is 12.8. The molecule has 12 atom stereocenters. The Morgan fingerprint density at radius 3 is 1.49 bits per heavy atom. The van der Waals surface area contributed by atoms with E-state index >= 15 is 0 Å². The number of fused-ring (bicyclic) bond motifs is 5. The molecule has 2 aliphatic heterocycles. The molecule has 266 valence electrons. The minimum Gasteiger partial charge on any atom is -0.374 e. The van der Waals surface area contributed by atoms with Crippen LogP contribution in [0.15, 0.2) is 0 Å². The topological polar surface area (TPSA) is 45.3 Å². The Balaban J connectivity index is 0.916. The highest BCUT2D eigenvalue weighted by Gasteiger charge is 2.57. The van der Waals surface area contributed by atoms with Gasteiger partial charge < -0.3 is 4.74 Å². The molecule has 7 aliphatic carbocycles. The van der Waals surface area contributed by atoms with Crippen molar-refractivity contribution < 1.29 is 4.74 Å². The SMILES string of the molecule is C1CCC(C2CCCC(C3CC4C5CC(C6NC(C7CCCCC7)NC(C7CCCCC7)N6)CCC5OC4C4CCCCC34)C2)CC1. The molecule has 4 nitrogen and oxygen atoms in total. The first-order valence-corrected chi connectivity index (χ1v) is 22.2. The van der Waals surface area contributed by atoms with Gasteiger partial charge in [-0.1, -0.05) is 103 Å². The predicted octanol–water partition coefficient (Wildman–Crippen LogP) is 9.92. The third-order valence-electron chi connectivity index (χ3n) is 17.0. The molecule has 3 N–H and O–H groups in total. The molecule has 0 aromatic heterocycles. The van der Waals surface area contributed by atoms with Crippen LogP contribution in [0.5, 0.6) is 0 Å². The van der Waals surface area contributed by atoms with Gasteiger partial charge in [0.05, 0.1) is 30.7 Å². The Morgan fingerprint density at radius 1 is 0.298 bits per heavy atom. The Kier molecular flexibility index (Phi) is 10.3. The van der Waals surface area contributed by atoms with Crippen LogP contribution in [0.1, 0.15) is 173 Å². The maximum absolute atomic E-state index is 7.31. The highest BCUT2D eigenvalue weighted by atomic mass is 16.5. The third kappa shape index (κ3) is 6.80. The summed E-state index contributed by atoms with van der Waals surface area (Å²) in [6.45, 7) is 0. The molecule has 0 bridgehead atoms. The van der Waals surface area contributed by atoms with Gasteiger partial charge in [-0.25, -0.2) is 0 Å². The monoisotopic (exact) mass is 648 g/mol. The summed E-state index contributed by atoms with van der Waals surface area (Å²) in [6, 6.07) is 0. The maximum atomic E-state index is 7.31. The molecule has 9 fully saturated rings. The van der Waals surface area contributed by atoms with E-state index in [0.717, 1.165) is 65.1 Å².